The zero-order valence-corrected chi connectivity index (χ0v) is 19.0. The SMILES string of the molecule is Cc1cc(F)ccc1NS(=O)(=O)c1ccc2c(c1)sc(=O)n2CCC(=O)N1CCOCC1. The van der Waals surface area contributed by atoms with Gasteiger partial charge in [0.2, 0.25) is 5.91 Å². The summed E-state index contributed by atoms with van der Waals surface area (Å²) in [5.41, 5.74) is 1.31. The first-order valence-corrected chi connectivity index (χ1v) is 12.3. The van der Waals surface area contributed by atoms with Crippen LogP contribution in [0.15, 0.2) is 46.1 Å². The number of aromatic nitrogens is 1. The molecule has 11 heteroatoms. The van der Waals surface area contributed by atoms with E-state index in [1.54, 1.807) is 17.9 Å². The van der Waals surface area contributed by atoms with E-state index in [1.165, 1.54) is 34.9 Å². The molecule has 3 aromatic rings. The summed E-state index contributed by atoms with van der Waals surface area (Å²) in [4.78, 5) is 26.3. The zero-order chi connectivity index (χ0) is 22.9. The van der Waals surface area contributed by atoms with Gasteiger partial charge in [0.05, 0.1) is 34.0 Å². The molecular weight excluding hydrogens is 457 g/mol. The van der Waals surface area contributed by atoms with E-state index in [9.17, 15) is 22.4 Å². The second-order valence-corrected chi connectivity index (χ2v) is 10.1. The topological polar surface area (TPSA) is 97.7 Å². The molecule has 1 aliphatic rings. The number of benzene rings is 2. The van der Waals surface area contributed by atoms with Crippen LogP contribution in [0.5, 0.6) is 0 Å². The molecule has 0 bridgehead atoms. The molecule has 0 saturated carbocycles. The van der Waals surface area contributed by atoms with Crippen LogP contribution in [0.1, 0.15) is 12.0 Å². The van der Waals surface area contributed by atoms with Crippen molar-refractivity contribution >= 4 is 43.2 Å². The lowest BCUT2D eigenvalue weighted by Crippen LogP contribution is -2.41. The maximum Gasteiger partial charge on any atom is 0.308 e. The number of nitrogens with one attached hydrogen (secondary N) is 1. The number of fused-ring (bicyclic) bond motifs is 1. The highest BCUT2D eigenvalue weighted by Crippen LogP contribution is 2.25. The van der Waals surface area contributed by atoms with E-state index in [2.05, 4.69) is 4.72 Å². The largest absolute Gasteiger partial charge is 0.378 e. The average molecular weight is 480 g/mol. The number of aryl methyl sites for hydroxylation is 2. The van der Waals surface area contributed by atoms with Crippen molar-refractivity contribution < 1.29 is 22.3 Å². The molecule has 32 heavy (non-hydrogen) atoms. The summed E-state index contributed by atoms with van der Waals surface area (Å²) in [5, 5.41) is 0. The smallest absolute Gasteiger partial charge is 0.308 e. The number of halogens is 1. The molecule has 0 spiro atoms. The Morgan fingerprint density at radius 3 is 2.66 bits per heavy atom. The molecule has 4 rings (SSSR count). The lowest BCUT2D eigenvalue weighted by Gasteiger charge is -2.26. The lowest BCUT2D eigenvalue weighted by molar-refractivity contribution is -0.135. The van der Waals surface area contributed by atoms with Crippen LogP contribution < -0.4 is 9.60 Å². The average Bonchev–Trinajstić information content (AvgIpc) is 3.08. The number of amides is 1. The summed E-state index contributed by atoms with van der Waals surface area (Å²) in [7, 11) is -3.93. The Morgan fingerprint density at radius 2 is 1.94 bits per heavy atom. The van der Waals surface area contributed by atoms with Gasteiger partial charge < -0.3 is 9.64 Å². The van der Waals surface area contributed by atoms with Gasteiger partial charge in [-0.2, -0.15) is 0 Å². The van der Waals surface area contributed by atoms with Gasteiger partial charge in [0.15, 0.2) is 0 Å². The number of ether oxygens (including phenoxy) is 1. The predicted molar refractivity (Wildman–Crippen MR) is 120 cm³/mol. The molecule has 1 N–H and O–H groups in total. The van der Waals surface area contributed by atoms with Gasteiger partial charge in [0, 0.05) is 26.1 Å². The highest BCUT2D eigenvalue weighted by atomic mass is 32.2. The number of hydrogen-bond donors (Lipinski definition) is 1. The van der Waals surface area contributed by atoms with Gasteiger partial charge in [-0.05, 0) is 48.9 Å². The van der Waals surface area contributed by atoms with Crippen LogP contribution in [0.2, 0.25) is 0 Å². The molecule has 0 aliphatic carbocycles. The first-order valence-electron chi connectivity index (χ1n) is 10.0. The van der Waals surface area contributed by atoms with Crippen LogP contribution in [0.3, 0.4) is 0 Å². The van der Waals surface area contributed by atoms with Crippen molar-refractivity contribution in [1.29, 1.82) is 0 Å². The number of rotatable bonds is 6. The van der Waals surface area contributed by atoms with E-state index in [1.807, 2.05) is 0 Å². The summed E-state index contributed by atoms with van der Waals surface area (Å²) in [6.45, 7) is 3.92. The van der Waals surface area contributed by atoms with Crippen molar-refractivity contribution in [2.24, 2.45) is 0 Å². The second kappa shape index (κ2) is 9.00. The second-order valence-electron chi connectivity index (χ2n) is 7.46. The molecule has 0 atom stereocenters. The summed E-state index contributed by atoms with van der Waals surface area (Å²) < 4.78 is 48.6. The van der Waals surface area contributed by atoms with Gasteiger partial charge in [0.25, 0.3) is 10.0 Å². The Balaban J connectivity index is 1.54. The number of morpholine rings is 1. The molecule has 1 aromatic heterocycles. The van der Waals surface area contributed by atoms with Crippen molar-refractivity contribution in [2.75, 3.05) is 31.0 Å². The van der Waals surface area contributed by atoms with Crippen LogP contribution in [-0.2, 0) is 26.1 Å². The Labute approximate surface area is 188 Å². The molecule has 1 aliphatic heterocycles. The standard InChI is InChI=1S/C21H22FN3O5S2/c1-14-12-15(22)2-4-17(14)23-32(28,29)16-3-5-18-19(13-16)31-21(27)25(18)7-6-20(26)24-8-10-30-11-9-24/h2-5,12-13,23H,6-11H2,1H3. The van der Waals surface area contributed by atoms with Crippen LogP contribution >= 0.6 is 11.3 Å². The fourth-order valence-corrected chi connectivity index (χ4v) is 5.74. The predicted octanol–water partition coefficient (Wildman–Crippen LogP) is 2.56. The van der Waals surface area contributed by atoms with E-state index in [-0.39, 0.29) is 34.3 Å². The number of hydrogen-bond acceptors (Lipinski definition) is 6. The van der Waals surface area contributed by atoms with Gasteiger partial charge in [-0.1, -0.05) is 11.3 Å². The molecule has 1 saturated heterocycles. The minimum absolute atomic E-state index is 0.00785. The summed E-state index contributed by atoms with van der Waals surface area (Å²) in [6.07, 6.45) is 0.178. The van der Waals surface area contributed by atoms with Crippen molar-refractivity contribution in [3.63, 3.8) is 0 Å². The molecule has 1 fully saturated rings. The van der Waals surface area contributed by atoms with Crippen LogP contribution in [0.4, 0.5) is 10.1 Å². The number of carbonyl (C=O) groups excluding carboxylic acids is 1. The lowest BCUT2D eigenvalue weighted by atomic mass is 10.2. The Hall–Kier alpha value is -2.76. The van der Waals surface area contributed by atoms with Crippen molar-refractivity contribution in [3.8, 4) is 0 Å². The number of thiazole rings is 1. The minimum Gasteiger partial charge on any atom is -0.378 e. The molecule has 1 amide bonds. The Kier molecular flexibility index (Phi) is 6.31. The van der Waals surface area contributed by atoms with E-state index in [0.717, 1.165) is 11.3 Å². The molecule has 2 aromatic carbocycles. The normalized spacial score (nSPS) is 14.6. The Morgan fingerprint density at radius 1 is 1.19 bits per heavy atom. The van der Waals surface area contributed by atoms with Crippen LogP contribution in [0.25, 0.3) is 10.2 Å². The van der Waals surface area contributed by atoms with Crippen molar-refractivity contribution in [3.05, 3.63) is 57.4 Å². The first-order chi connectivity index (χ1) is 15.2. The fourth-order valence-electron chi connectivity index (χ4n) is 3.55. The molecule has 170 valence electrons. The van der Waals surface area contributed by atoms with E-state index >= 15 is 0 Å². The molecular formula is C21H22FN3O5S2. The van der Waals surface area contributed by atoms with Gasteiger partial charge in [0.1, 0.15) is 5.82 Å². The highest BCUT2D eigenvalue weighted by molar-refractivity contribution is 7.92. The zero-order valence-electron chi connectivity index (χ0n) is 17.3. The van der Waals surface area contributed by atoms with Gasteiger partial charge >= 0.3 is 4.87 Å². The third-order valence-corrected chi connectivity index (χ3v) is 7.60. The van der Waals surface area contributed by atoms with Crippen LogP contribution in [-0.4, -0.2) is 50.1 Å². The summed E-state index contributed by atoms with van der Waals surface area (Å²) in [5.74, 6) is -0.498. The number of sulfonamides is 1. The molecule has 8 nitrogen and oxygen atoms in total. The summed E-state index contributed by atoms with van der Waals surface area (Å²) in [6, 6.07) is 8.20. The third kappa shape index (κ3) is 4.69. The first kappa shape index (κ1) is 22.4. The van der Waals surface area contributed by atoms with Crippen LogP contribution in [0, 0.1) is 12.7 Å². The van der Waals surface area contributed by atoms with E-state index < -0.39 is 15.8 Å². The highest BCUT2D eigenvalue weighted by Gasteiger charge is 2.20. The van der Waals surface area contributed by atoms with Crippen molar-refractivity contribution in [2.45, 2.75) is 24.8 Å². The van der Waals surface area contributed by atoms with E-state index in [0.29, 0.717) is 42.1 Å². The van der Waals surface area contributed by atoms with E-state index in [4.69, 9.17) is 4.74 Å². The molecule has 0 unspecified atom stereocenters. The minimum atomic E-state index is -3.93. The summed E-state index contributed by atoms with van der Waals surface area (Å²) >= 11 is 0.928. The van der Waals surface area contributed by atoms with Crippen molar-refractivity contribution in [1.82, 2.24) is 9.47 Å². The Bertz CT molecular complexity index is 1330. The van der Waals surface area contributed by atoms with Gasteiger partial charge in [-0.25, -0.2) is 12.8 Å². The quantitative estimate of drug-likeness (QED) is 0.586. The number of anilines is 1. The maximum atomic E-state index is 13.3. The molecule has 0 radical (unpaired) electrons. The fraction of sp³-hybridized carbons (Fsp3) is 0.333. The maximum absolute atomic E-state index is 13.3. The monoisotopic (exact) mass is 479 g/mol. The van der Waals surface area contributed by atoms with Gasteiger partial charge in [-0.15, -0.1) is 0 Å². The number of carbonyl (C=O) groups is 1. The van der Waals surface area contributed by atoms with Gasteiger partial charge in [-0.3, -0.25) is 18.9 Å². The number of nitrogens with zero attached hydrogens (tertiary/aromatic N) is 2. The molecule has 2 heterocycles. The third-order valence-electron chi connectivity index (χ3n) is 5.30.